The largest absolute Gasteiger partial charge is 0.301 e. The average Bonchev–Trinajstić information content (AvgIpc) is 2.40. The first-order valence-corrected chi connectivity index (χ1v) is 7.80. The van der Waals surface area contributed by atoms with Gasteiger partial charge < -0.3 is 10.6 Å². The number of hydrogen-bond donors (Lipinski definition) is 2. The quantitative estimate of drug-likeness (QED) is 0.786. The molecule has 2 rings (SSSR count). The van der Waals surface area contributed by atoms with Crippen LogP contribution in [-0.4, -0.2) is 19.3 Å². The Morgan fingerprint density at radius 2 is 1.53 bits per heavy atom. The first-order chi connectivity index (χ1) is 8.33. The molecular formula is C15H30N2. The summed E-state index contributed by atoms with van der Waals surface area (Å²) >= 11 is 0. The summed E-state index contributed by atoms with van der Waals surface area (Å²) in [7, 11) is 0. The van der Waals surface area contributed by atoms with Crippen LogP contribution < -0.4 is 10.6 Å². The van der Waals surface area contributed by atoms with Crippen LogP contribution in [0.3, 0.4) is 0 Å². The smallest absolute Gasteiger partial charge is 0.0600 e. The van der Waals surface area contributed by atoms with E-state index in [0.29, 0.717) is 6.17 Å². The zero-order chi connectivity index (χ0) is 12.1. The van der Waals surface area contributed by atoms with E-state index in [-0.39, 0.29) is 0 Å². The van der Waals surface area contributed by atoms with E-state index in [1.807, 2.05) is 0 Å². The number of rotatable bonds is 4. The van der Waals surface area contributed by atoms with Gasteiger partial charge in [-0.1, -0.05) is 39.5 Å². The molecule has 2 aliphatic rings. The Labute approximate surface area is 107 Å². The maximum atomic E-state index is 3.75. The molecule has 0 atom stereocenters. The van der Waals surface area contributed by atoms with E-state index in [2.05, 4.69) is 24.5 Å². The van der Waals surface area contributed by atoms with Gasteiger partial charge in [0, 0.05) is 13.1 Å². The summed E-state index contributed by atoms with van der Waals surface area (Å²) in [6.07, 6.45) is 10.5. The molecule has 1 saturated carbocycles. The van der Waals surface area contributed by atoms with E-state index in [9.17, 15) is 0 Å². The van der Waals surface area contributed by atoms with Crippen LogP contribution in [0.2, 0.25) is 0 Å². The van der Waals surface area contributed by atoms with Crippen molar-refractivity contribution in [3.63, 3.8) is 0 Å². The molecule has 17 heavy (non-hydrogen) atoms. The molecule has 0 aromatic carbocycles. The molecule has 100 valence electrons. The molecule has 2 N–H and O–H groups in total. The second-order valence-corrected chi connectivity index (χ2v) is 6.14. The Morgan fingerprint density at radius 1 is 0.882 bits per heavy atom. The topological polar surface area (TPSA) is 24.1 Å². The molecule has 2 nitrogen and oxygen atoms in total. The van der Waals surface area contributed by atoms with E-state index < -0.39 is 0 Å². The normalized spacial score (nSPS) is 39.2. The summed E-state index contributed by atoms with van der Waals surface area (Å²) in [6.45, 7) is 7.11. The Hall–Kier alpha value is -0.0800. The number of hydrogen-bond acceptors (Lipinski definition) is 2. The van der Waals surface area contributed by atoms with Gasteiger partial charge in [-0.25, -0.2) is 0 Å². The fourth-order valence-corrected chi connectivity index (χ4v) is 3.61. The van der Waals surface area contributed by atoms with Crippen LogP contribution in [-0.2, 0) is 0 Å². The first kappa shape index (κ1) is 13.4. The van der Waals surface area contributed by atoms with Gasteiger partial charge in [-0.3, -0.25) is 0 Å². The summed E-state index contributed by atoms with van der Waals surface area (Å²) in [4.78, 5) is 0. The molecule has 2 fully saturated rings. The predicted molar refractivity (Wildman–Crippen MR) is 73.9 cm³/mol. The summed E-state index contributed by atoms with van der Waals surface area (Å²) in [5, 5.41) is 7.49. The highest BCUT2D eigenvalue weighted by Gasteiger charge is 2.29. The van der Waals surface area contributed by atoms with Crippen LogP contribution in [0.4, 0.5) is 0 Å². The van der Waals surface area contributed by atoms with E-state index in [0.717, 1.165) is 17.8 Å². The lowest BCUT2D eigenvalue weighted by molar-refractivity contribution is 0.161. The van der Waals surface area contributed by atoms with E-state index in [1.54, 1.807) is 0 Å². The highest BCUT2D eigenvalue weighted by atomic mass is 15.2. The van der Waals surface area contributed by atoms with Crippen LogP contribution in [0.15, 0.2) is 0 Å². The van der Waals surface area contributed by atoms with E-state index >= 15 is 0 Å². The molecule has 1 aliphatic carbocycles. The Balaban J connectivity index is 1.70. The molecular weight excluding hydrogens is 208 g/mol. The molecule has 2 heteroatoms. The third-order valence-electron chi connectivity index (χ3n) is 4.89. The lowest BCUT2D eigenvalue weighted by Gasteiger charge is -2.39. The molecule has 0 radical (unpaired) electrons. The third kappa shape index (κ3) is 3.69. The fraction of sp³-hybridized carbons (Fsp3) is 1.00. The molecule has 1 aliphatic heterocycles. The summed E-state index contributed by atoms with van der Waals surface area (Å²) in [5.41, 5.74) is 0. The molecule has 0 bridgehead atoms. The summed E-state index contributed by atoms with van der Waals surface area (Å²) in [5.74, 6) is 2.77. The van der Waals surface area contributed by atoms with Crippen molar-refractivity contribution in [3.05, 3.63) is 0 Å². The van der Waals surface area contributed by atoms with Crippen molar-refractivity contribution in [3.8, 4) is 0 Å². The Bertz CT molecular complexity index is 201. The minimum Gasteiger partial charge on any atom is -0.301 e. The SMILES string of the molecule is CCCC1CNC(C2CCC(CC)CC2)NC1. The zero-order valence-corrected chi connectivity index (χ0v) is 11.7. The van der Waals surface area contributed by atoms with Crippen molar-refractivity contribution in [2.45, 2.75) is 65.0 Å². The lowest BCUT2D eigenvalue weighted by Crippen LogP contribution is -2.56. The van der Waals surface area contributed by atoms with Crippen LogP contribution in [0, 0.1) is 17.8 Å². The van der Waals surface area contributed by atoms with Gasteiger partial charge in [0.15, 0.2) is 0 Å². The zero-order valence-electron chi connectivity index (χ0n) is 11.7. The van der Waals surface area contributed by atoms with Gasteiger partial charge in [-0.05, 0) is 37.0 Å². The van der Waals surface area contributed by atoms with Gasteiger partial charge in [-0.15, -0.1) is 0 Å². The monoisotopic (exact) mass is 238 g/mol. The lowest BCUT2D eigenvalue weighted by atomic mass is 9.79. The predicted octanol–water partition coefficient (Wildman–Crippen LogP) is 3.14. The molecule has 0 aromatic heterocycles. The first-order valence-electron chi connectivity index (χ1n) is 7.80. The second kappa shape index (κ2) is 6.75. The van der Waals surface area contributed by atoms with Gasteiger partial charge in [0.2, 0.25) is 0 Å². The second-order valence-electron chi connectivity index (χ2n) is 6.14. The van der Waals surface area contributed by atoms with Crippen LogP contribution >= 0.6 is 0 Å². The Kier molecular flexibility index (Phi) is 5.30. The van der Waals surface area contributed by atoms with Crippen LogP contribution in [0.25, 0.3) is 0 Å². The van der Waals surface area contributed by atoms with Crippen molar-refractivity contribution in [2.24, 2.45) is 17.8 Å². The Morgan fingerprint density at radius 3 is 2.06 bits per heavy atom. The third-order valence-corrected chi connectivity index (χ3v) is 4.89. The fourth-order valence-electron chi connectivity index (χ4n) is 3.61. The standard InChI is InChI=1S/C15H30N2/c1-3-5-13-10-16-15(17-11-13)14-8-6-12(4-2)7-9-14/h12-17H,3-11H2,1-2H3. The van der Waals surface area contributed by atoms with Gasteiger partial charge in [0.25, 0.3) is 0 Å². The van der Waals surface area contributed by atoms with Crippen molar-refractivity contribution in [1.29, 1.82) is 0 Å². The van der Waals surface area contributed by atoms with Crippen LogP contribution in [0.1, 0.15) is 58.8 Å². The minimum atomic E-state index is 0.612. The highest BCUT2D eigenvalue weighted by Crippen LogP contribution is 2.32. The number of nitrogens with one attached hydrogen (secondary N) is 2. The van der Waals surface area contributed by atoms with Crippen LogP contribution in [0.5, 0.6) is 0 Å². The van der Waals surface area contributed by atoms with Crippen molar-refractivity contribution in [2.75, 3.05) is 13.1 Å². The van der Waals surface area contributed by atoms with Crippen molar-refractivity contribution >= 4 is 0 Å². The average molecular weight is 238 g/mol. The maximum Gasteiger partial charge on any atom is 0.0600 e. The summed E-state index contributed by atoms with van der Waals surface area (Å²) < 4.78 is 0. The van der Waals surface area contributed by atoms with E-state index in [4.69, 9.17) is 0 Å². The van der Waals surface area contributed by atoms with E-state index in [1.165, 1.54) is 58.0 Å². The van der Waals surface area contributed by atoms with Crippen molar-refractivity contribution in [1.82, 2.24) is 10.6 Å². The van der Waals surface area contributed by atoms with Gasteiger partial charge >= 0.3 is 0 Å². The molecule has 1 saturated heterocycles. The maximum absolute atomic E-state index is 3.75. The highest BCUT2D eigenvalue weighted by molar-refractivity contribution is 4.85. The van der Waals surface area contributed by atoms with Gasteiger partial charge in [0.05, 0.1) is 6.17 Å². The molecule has 0 aromatic rings. The molecule has 1 heterocycles. The van der Waals surface area contributed by atoms with Gasteiger partial charge in [-0.2, -0.15) is 0 Å². The molecule has 0 amide bonds. The van der Waals surface area contributed by atoms with Crippen molar-refractivity contribution < 1.29 is 0 Å². The molecule has 0 spiro atoms. The molecule has 0 unspecified atom stereocenters. The summed E-state index contributed by atoms with van der Waals surface area (Å²) in [6, 6.07) is 0. The van der Waals surface area contributed by atoms with Gasteiger partial charge in [0.1, 0.15) is 0 Å². The minimum absolute atomic E-state index is 0.612.